The van der Waals surface area contributed by atoms with Gasteiger partial charge in [0.2, 0.25) is 0 Å². The number of hydrogen-bond acceptors (Lipinski definition) is 12. The Labute approximate surface area is 185 Å². The first kappa shape index (κ1) is 27.1. The van der Waals surface area contributed by atoms with Crippen molar-refractivity contribution >= 4 is 33.4 Å². The van der Waals surface area contributed by atoms with Gasteiger partial charge in [-0.2, -0.15) is 9.29 Å². The van der Waals surface area contributed by atoms with Crippen molar-refractivity contribution in [1.29, 1.82) is 0 Å². The fourth-order valence-corrected chi connectivity index (χ4v) is 4.99. The average Bonchev–Trinajstić information content (AvgIpc) is 2.96. The predicted molar refractivity (Wildman–Crippen MR) is 105 cm³/mol. The molecule has 1 saturated heterocycles. The molecule has 1 aliphatic heterocycles. The molecule has 0 spiro atoms. The molecule has 0 amide bonds. The maximum atomic E-state index is 12.3. The van der Waals surface area contributed by atoms with Crippen LogP contribution < -0.4 is 5.69 Å². The van der Waals surface area contributed by atoms with Crippen LogP contribution in [0.1, 0.15) is 19.1 Å². The largest absolute Gasteiger partial charge is 0.481 e. The van der Waals surface area contributed by atoms with E-state index in [0.717, 1.165) is 4.57 Å². The second-order valence-electron chi connectivity index (χ2n) is 6.37. The number of methoxy groups -OCH3 is 1. The van der Waals surface area contributed by atoms with E-state index in [2.05, 4.69) is 18.6 Å². The van der Waals surface area contributed by atoms with Crippen LogP contribution in [0.2, 0.25) is 0 Å². The third-order valence-electron chi connectivity index (χ3n) is 4.03. The molecule has 15 nitrogen and oxygen atoms in total. The Bertz CT molecular complexity index is 953. The van der Waals surface area contributed by atoms with E-state index < -0.39 is 52.5 Å². The molecule has 1 unspecified atom stereocenters. The number of aliphatic hydroxyl groups excluding tert-OH is 2. The van der Waals surface area contributed by atoms with Gasteiger partial charge in [0.05, 0.1) is 13.7 Å². The average molecular weight is 520 g/mol. The van der Waals surface area contributed by atoms with Crippen molar-refractivity contribution in [2.24, 2.45) is 0 Å². The number of thioether (sulfide) groups is 1. The Balaban J connectivity index is 1.98. The van der Waals surface area contributed by atoms with E-state index >= 15 is 0 Å². The number of hydrogen-bond donors (Lipinski definition) is 5. The van der Waals surface area contributed by atoms with Crippen LogP contribution in [0.15, 0.2) is 22.1 Å². The van der Waals surface area contributed by atoms with Crippen molar-refractivity contribution < 1.29 is 57.1 Å². The van der Waals surface area contributed by atoms with E-state index in [-0.39, 0.29) is 12.4 Å². The van der Waals surface area contributed by atoms with Gasteiger partial charge in [0, 0.05) is 18.4 Å². The molecule has 1 aromatic rings. The number of esters is 1. The van der Waals surface area contributed by atoms with Crippen LogP contribution in [0, 0.1) is 0 Å². The van der Waals surface area contributed by atoms with Gasteiger partial charge in [0.1, 0.15) is 23.3 Å². The molecular formula is C14H22N2O13P2S. The molecule has 0 aromatic carbocycles. The Morgan fingerprint density at radius 3 is 2.56 bits per heavy atom. The molecule has 182 valence electrons. The number of aromatic nitrogens is 2. The van der Waals surface area contributed by atoms with Crippen molar-refractivity contribution in [3.63, 3.8) is 0 Å². The first-order valence-corrected chi connectivity index (χ1v) is 12.9. The van der Waals surface area contributed by atoms with Crippen LogP contribution in [0.3, 0.4) is 0 Å². The third-order valence-corrected chi connectivity index (χ3v) is 7.20. The van der Waals surface area contributed by atoms with Crippen molar-refractivity contribution in [2.75, 3.05) is 19.5 Å². The van der Waals surface area contributed by atoms with Gasteiger partial charge in [-0.25, -0.2) is 13.9 Å². The molecular weight excluding hydrogens is 498 g/mol. The van der Waals surface area contributed by atoms with E-state index in [1.807, 2.05) is 0 Å². The van der Waals surface area contributed by atoms with Crippen LogP contribution >= 0.6 is 27.4 Å². The molecule has 5 N–H and O–H groups in total. The highest BCUT2D eigenvalue weighted by atomic mass is 32.2. The second kappa shape index (κ2) is 11.3. The maximum absolute atomic E-state index is 12.3. The van der Waals surface area contributed by atoms with Gasteiger partial charge in [0.25, 0.3) is 0 Å². The molecule has 2 heterocycles. The number of ether oxygens (including phenoxy) is 2. The minimum atomic E-state index is -5.33. The summed E-state index contributed by atoms with van der Waals surface area (Å²) in [5, 5.41) is 20.6. The summed E-state index contributed by atoms with van der Waals surface area (Å²) in [4.78, 5) is 53.6. The highest BCUT2D eigenvalue weighted by molar-refractivity contribution is 7.99. The van der Waals surface area contributed by atoms with Crippen LogP contribution in [-0.4, -0.2) is 78.2 Å². The number of rotatable bonds is 11. The van der Waals surface area contributed by atoms with Crippen molar-refractivity contribution in [1.82, 2.24) is 9.55 Å². The van der Waals surface area contributed by atoms with Gasteiger partial charge in [-0.3, -0.25) is 13.9 Å². The summed E-state index contributed by atoms with van der Waals surface area (Å²) in [5.41, 5.74) is -0.821. The molecule has 1 fully saturated rings. The lowest BCUT2D eigenvalue weighted by Crippen LogP contribution is -2.36. The van der Waals surface area contributed by atoms with E-state index in [0.29, 0.717) is 17.2 Å². The second-order valence-corrected chi connectivity index (χ2v) is 10.3. The zero-order valence-electron chi connectivity index (χ0n) is 16.5. The van der Waals surface area contributed by atoms with Gasteiger partial charge in [-0.15, -0.1) is 11.8 Å². The normalized spacial score (nSPS) is 25.4. The van der Waals surface area contributed by atoms with E-state index in [1.54, 1.807) is 0 Å². The summed E-state index contributed by atoms with van der Waals surface area (Å²) < 4.78 is 40.9. The number of carbonyl (C=O) groups is 1. The van der Waals surface area contributed by atoms with E-state index in [1.165, 1.54) is 31.1 Å². The summed E-state index contributed by atoms with van der Waals surface area (Å²) in [6, 6.07) is 1.45. The Morgan fingerprint density at radius 1 is 1.28 bits per heavy atom. The van der Waals surface area contributed by atoms with E-state index in [4.69, 9.17) is 14.5 Å². The number of nitrogens with zero attached hydrogens (tertiary/aromatic N) is 2. The lowest BCUT2D eigenvalue weighted by atomic mass is 10.1. The summed E-state index contributed by atoms with van der Waals surface area (Å²) in [5.74, 6) is 0.133. The smallest absolute Gasteiger partial charge is 0.469 e. The Morgan fingerprint density at radius 2 is 1.97 bits per heavy atom. The minimum absolute atomic E-state index is 0.212. The predicted octanol–water partition coefficient (Wildman–Crippen LogP) is -0.866. The molecule has 0 bridgehead atoms. The summed E-state index contributed by atoms with van der Waals surface area (Å²) in [6.07, 6.45) is -4.20. The molecule has 1 aliphatic rings. The molecule has 0 saturated carbocycles. The first-order chi connectivity index (χ1) is 14.8. The van der Waals surface area contributed by atoms with Crippen LogP contribution in [0.4, 0.5) is 0 Å². The molecule has 0 radical (unpaired) electrons. The Kier molecular flexibility index (Phi) is 9.58. The molecule has 2 rings (SSSR count). The van der Waals surface area contributed by atoms with E-state index in [9.17, 15) is 33.8 Å². The molecule has 5 atom stereocenters. The standard InChI is InChI=1S/C14H22N2O13P2S/c1-26-10(17)3-2-6-32-9-4-5-16(14(20)15-9)13-12(19)11(18)8(28-13)7-27-31(24,25)29-30(21,22)23/h4-5,8,11-13,18-19H,2-3,6-7H2,1H3,(H,24,25)(H2,21,22,23)/t8-,11-,12-,13-/m1/s1. The number of carbonyl (C=O) groups excluding carboxylic acids is 1. The van der Waals surface area contributed by atoms with Gasteiger partial charge in [0.15, 0.2) is 6.23 Å². The van der Waals surface area contributed by atoms with Crippen molar-refractivity contribution in [3.05, 3.63) is 22.7 Å². The maximum Gasteiger partial charge on any atom is 0.481 e. The van der Waals surface area contributed by atoms with Gasteiger partial charge < -0.3 is 34.4 Å². The Hall–Kier alpha value is -1.16. The zero-order chi connectivity index (χ0) is 24.1. The lowest BCUT2D eigenvalue weighted by Gasteiger charge is -2.18. The number of phosphoric ester groups is 1. The highest BCUT2D eigenvalue weighted by Gasteiger charge is 2.45. The quantitative estimate of drug-likeness (QED) is 0.0786. The monoisotopic (exact) mass is 520 g/mol. The first-order valence-electron chi connectivity index (χ1n) is 8.87. The van der Waals surface area contributed by atoms with Crippen LogP contribution in [0.25, 0.3) is 0 Å². The number of aliphatic hydroxyl groups is 2. The molecule has 18 heteroatoms. The highest BCUT2D eigenvalue weighted by Crippen LogP contribution is 2.57. The fraction of sp³-hybridized carbons (Fsp3) is 0.643. The fourth-order valence-electron chi connectivity index (χ4n) is 2.59. The summed E-state index contributed by atoms with van der Waals surface area (Å²) in [7, 11) is -9.24. The minimum Gasteiger partial charge on any atom is -0.469 e. The molecule has 0 aliphatic carbocycles. The lowest BCUT2D eigenvalue weighted by molar-refractivity contribution is -0.140. The van der Waals surface area contributed by atoms with Gasteiger partial charge in [-0.05, 0) is 12.5 Å². The topological polar surface area (TPSA) is 224 Å². The van der Waals surface area contributed by atoms with Gasteiger partial charge in [-0.1, -0.05) is 0 Å². The van der Waals surface area contributed by atoms with Crippen molar-refractivity contribution in [3.8, 4) is 0 Å². The van der Waals surface area contributed by atoms with Gasteiger partial charge >= 0.3 is 27.3 Å². The van der Waals surface area contributed by atoms with Crippen LogP contribution in [0.5, 0.6) is 0 Å². The SMILES string of the molecule is COC(=O)CCCSc1ccn([C@@H]2O[C@H](COP(=O)(O)OP(=O)(O)O)[C@@H](O)[C@H]2O)c(=O)n1. The zero-order valence-corrected chi connectivity index (χ0v) is 19.1. The molecule has 32 heavy (non-hydrogen) atoms. The summed E-state index contributed by atoms with van der Waals surface area (Å²) in [6.45, 7) is -0.890. The van der Waals surface area contributed by atoms with Crippen molar-refractivity contribution in [2.45, 2.75) is 42.4 Å². The third kappa shape index (κ3) is 8.01. The van der Waals surface area contributed by atoms with Crippen LogP contribution in [-0.2, 0) is 32.2 Å². The molecule has 1 aromatic heterocycles. The summed E-state index contributed by atoms with van der Waals surface area (Å²) >= 11 is 1.21. The number of phosphoric acid groups is 2.